The zero-order valence-electron chi connectivity index (χ0n) is 15.3. The van der Waals surface area contributed by atoms with Gasteiger partial charge in [-0.2, -0.15) is 0 Å². The van der Waals surface area contributed by atoms with Crippen LogP contribution in [-0.4, -0.2) is 25.7 Å². The van der Waals surface area contributed by atoms with Crippen LogP contribution in [0.15, 0.2) is 66.7 Å². The number of phenolic OH excluding ortho intramolecular Hbond substituents is 1. The summed E-state index contributed by atoms with van der Waals surface area (Å²) in [6, 6.07) is 20.3. The lowest BCUT2D eigenvalue weighted by Crippen LogP contribution is -2.14. The second-order valence-corrected chi connectivity index (χ2v) is 6.00. The normalized spacial score (nSPS) is 10.3. The summed E-state index contributed by atoms with van der Waals surface area (Å²) in [6.45, 7) is 0.292. The van der Waals surface area contributed by atoms with Crippen molar-refractivity contribution in [1.82, 2.24) is 0 Å². The predicted octanol–water partition coefficient (Wildman–Crippen LogP) is 4.24. The van der Waals surface area contributed by atoms with Crippen molar-refractivity contribution in [3.8, 4) is 28.4 Å². The topological polar surface area (TPSA) is 59.0 Å². The molecule has 5 heteroatoms. The smallest absolute Gasteiger partial charge is 0.213 e. The zero-order valence-corrected chi connectivity index (χ0v) is 15.3. The maximum Gasteiger partial charge on any atom is 0.213 e. The molecule has 0 bridgehead atoms. The van der Waals surface area contributed by atoms with E-state index in [2.05, 4.69) is 0 Å². The highest BCUT2D eigenvalue weighted by molar-refractivity contribution is 5.92. The molecule has 1 N–H and O–H groups in total. The number of benzene rings is 3. The summed E-state index contributed by atoms with van der Waals surface area (Å²) in [5, 5.41) is 10.5. The van der Waals surface area contributed by atoms with E-state index in [1.54, 1.807) is 20.2 Å². The monoisotopic (exact) mass is 363 g/mol. The Hall–Kier alpha value is -3.47. The quantitative estimate of drug-likeness (QED) is 0.638. The number of carbonyl (C=O) groups excluding carboxylic acids is 1. The number of aromatic hydroxyl groups is 1. The van der Waals surface area contributed by atoms with Gasteiger partial charge in [-0.25, -0.2) is 0 Å². The fraction of sp³-hybridized carbons (Fsp3) is 0.136. The minimum Gasteiger partial charge on any atom is -0.504 e. The number of phenols is 1. The molecule has 0 fully saturated rings. The third kappa shape index (κ3) is 3.87. The Kier molecular flexibility index (Phi) is 5.61. The first kappa shape index (κ1) is 18.3. The molecule has 27 heavy (non-hydrogen) atoms. The van der Waals surface area contributed by atoms with Crippen LogP contribution in [0.4, 0.5) is 5.69 Å². The van der Waals surface area contributed by atoms with Gasteiger partial charge in [0.05, 0.1) is 18.4 Å². The van der Waals surface area contributed by atoms with Gasteiger partial charge in [0, 0.05) is 12.6 Å². The molecule has 0 aliphatic carbocycles. The van der Waals surface area contributed by atoms with Crippen molar-refractivity contribution in [1.29, 1.82) is 0 Å². The third-order valence-corrected chi connectivity index (χ3v) is 4.26. The number of hydrogen-bond acceptors (Lipinski definition) is 4. The summed E-state index contributed by atoms with van der Waals surface area (Å²) < 4.78 is 11.5. The summed E-state index contributed by atoms with van der Waals surface area (Å²) in [5.41, 5.74) is 2.98. The molecule has 0 heterocycles. The highest BCUT2D eigenvalue weighted by atomic mass is 16.5. The van der Waals surface area contributed by atoms with Gasteiger partial charge in [-0.1, -0.05) is 48.5 Å². The molecule has 138 valence electrons. The van der Waals surface area contributed by atoms with Crippen molar-refractivity contribution in [3.05, 3.63) is 72.3 Å². The summed E-state index contributed by atoms with van der Waals surface area (Å²) in [4.78, 5) is 12.8. The van der Waals surface area contributed by atoms with E-state index < -0.39 is 0 Å². The first-order chi connectivity index (χ1) is 13.2. The van der Waals surface area contributed by atoms with Crippen LogP contribution in [0.3, 0.4) is 0 Å². The van der Waals surface area contributed by atoms with Gasteiger partial charge in [0.1, 0.15) is 12.4 Å². The molecule has 0 radical (unpaired) electrons. The molecule has 0 unspecified atom stereocenters. The van der Waals surface area contributed by atoms with E-state index in [0.29, 0.717) is 29.4 Å². The lowest BCUT2D eigenvalue weighted by atomic mass is 10.00. The molecule has 5 nitrogen and oxygen atoms in total. The molecule has 0 spiro atoms. The van der Waals surface area contributed by atoms with Crippen molar-refractivity contribution in [2.75, 3.05) is 19.1 Å². The number of hydrogen-bond donors (Lipinski definition) is 1. The summed E-state index contributed by atoms with van der Waals surface area (Å²) in [7, 11) is 3.23. The fourth-order valence-electron chi connectivity index (χ4n) is 2.90. The van der Waals surface area contributed by atoms with Gasteiger partial charge in [-0.15, -0.1) is 0 Å². The first-order valence-electron chi connectivity index (χ1n) is 8.50. The van der Waals surface area contributed by atoms with Gasteiger partial charge in [-0.3, -0.25) is 4.79 Å². The SMILES string of the molecule is COc1ccc(O)c(OCc2ccccc2)c1-c1ccccc1N(C)C=O. The molecular weight excluding hydrogens is 342 g/mol. The van der Waals surface area contributed by atoms with E-state index in [-0.39, 0.29) is 5.75 Å². The van der Waals surface area contributed by atoms with Gasteiger partial charge in [0.25, 0.3) is 0 Å². The highest BCUT2D eigenvalue weighted by Gasteiger charge is 2.21. The number of methoxy groups -OCH3 is 1. The molecule has 0 saturated carbocycles. The first-order valence-corrected chi connectivity index (χ1v) is 8.50. The minimum absolute atomic E-state index is 0.00490. The third-order valence-electron chi connectivity index (χ3n) is 4.26. The van der Waals surface area contributed by atoms with Crippen molar-refractivity contribution in [2.24, 2.45) is 0 Å². The van der Waals surface area contributed by atoms with Crippen LogP contribution in [0, 0.1) is 0 Å². The average molecular weight is 363 g/mol. The highest BCUT2D eigenvalue weighted by Crippen LogP contribution is 2.47. The number of ether oxygens (including phenoxy) is 2. The molecule has 0 aliphatic rings. The van der Waals surface area contributed by atoms with Crippen LogP contribution < -0.4 is 14.4 Å². The minimum atomic E-state index is 0.00490. The number of rotatable bonds is 7. The van der Waals surface area contributed by atoms with Crippen LogP contribution >= 0.6 is 0 Å². The van der Waals surface area contributed by atoms with Gasteiger partial charge >= 0.3 is 0 Å². The predicted molar refractivity (Wildman–Crippen MR) is 105 cm³/mol. The second kappa shape index (κ2) is 8.27. The summed E-state index contributed by atoms with van der Waals surface area (Å²) in [6.07, 6.45) is 0.735. The molecule has 3 rings (SSSR count). The Bertz CT molecular complexity index is 925. The van der Waals surface area contributed by atoms with Gasteiger partial charge in [0.15, 0.2) is 11.5 Å². The molecule has 1 amide bonds. The lowest BCUT2D eigenvalue weighted by molar-refractivity contribution is -0.107. The van der Waals surface area contributed by atoms with E-state index >= 15 is 0 Å². The Morgan fingerprint density at radius 3 is 2.41 bits per heavy atom. The van der Waals surface area contributed by atoms with E-state index in [9.17, 15) is 9.90 Å². The molecular formula is C22H21NO4. The van der Waals surface area contributed by atoms with Crippen LogP contribution in [0.2, 0.25) is 0 Å². The van der Waals surface area contributed by atoms with Crippen LogP contribution in [-0.2, 0) is 11.4 Å². The van der Waals surface area contributed by atoms with E-state index in [1.165, 1.54) is 11.0 Å². The number of anilines is 1. The van der Waals surface area contributed by atoms with Crippen molar-refractivity contribution < 1.29 is 19.4 Å². The molecule has 3 aromatic carbocycles. The van der Waals surface area contributed by atoms with Crippen LogP contribution in [0.5, 0.6) is 17.2 Å². The van der Waals surface area contributed by atoms with Crippen molar-refractivity contribution >= 4 is 12.1 Å². The second-order valence-electron chi connectivity index (χ2n) is 6.00. The zero-order chi connectivity index (χ0) is 19.2. The lowest BCUT2D eigenvalue weighted by Gasteiger charge is -2.21. The van der Waals surface area contributed by atoms with Gasteiger partial charge in [0.2, 0.25) is 6.41 Å². The molecule has 3 aromatic rings. The van der Waals surface area contributed by atoms with E-state index in [4.69, 9.17) is 9.47 Å². The standard InChI is InChI=1S/C22H21NO4/c1-23(15-24)18-11-7-6-10-17(18)21-20(26-2)13-12-19(25)22(21)27-14-16-8-4-3-5-9-16/h3-13,15,25H,14H2,1-2H3. The number of carbonyl (C=O) groups is 1. The van der Waals surface area contributed by atoms with Crippen LogP contribution in [0.25, 0.3) is 11.1 Å². The van der Waals surface area contributed by atoms with E-state index in [1.807, 2.05) is 54.6 Å². The molecule has 0 aromatic heterocycles. The van der Waals surface area contributed by atoms with Gasteiger partial charge in [-0.05, 0) is 23.8 Å². The maximum absolute atomic E-state index is 11.3. The largest absolute Gasteiger partial charge is 0.504 e. The van der Waals surface area contributed by atoms with Crippen molar-refractivity contribution in [2.45, 2.75) is 6.61 Å². The Morgan fingerprint density at radius 1 is 1.00 bits per heavy atom. The molecule has 0 atom stereocenters. The Labute approximate surface area is 158 Å². The van der Waals surface area contributed by atoms with Gasteiger partial charge < -0.3 is 19.5 Å². The molecule has 0 aliphatic heterocycles. The Balaban J connectivity index is 2.12. The summed E-state index contributed by atoms with van der Waals surface area (Å²) in [5.74, 6) is 0.859. The van der Waals surface area contributed by atoms with E-state index in [0.717, 1.165) is 17.5 Å². The number of para-hydroxylation sites is 1. The molecule has 0 saturated heterocycles. The average Bonchev–Trinajstić information content (AvgIpc) is 2.72. The number of nitrogens with zero attached hydrogens (tertiary/aromatic N) is 1. The maximum atomic E-state index is 11.3. The van der Waals surface area contributed by atoms with Crippen molar-refractivity contribution in [3.63, 3.8) is 0 Å². The van der Waals surface area contributed by atoms with Crippen LogP contribution in [0.1, 0.15) is 5.56 Å². The number of amides is 1. The summed E-state index contributed by atoms with van der Waals surface area (Å²) >= 11 is 0. The Morgan fingerprint density at radius 2 is 1.70 bits per heavy atom. The fourth-order valence-corrected chi connectivity index (χ4v) is 2.90.